The van der Waals surface area contributed by atoms with Crippen LogP contribution in [0.5, 0.6) is 11.5 Å². The number of benzene rings is 3. The molecule has 3 aromatic rings. The lowest BCUT2D eigenvalue weighted by Gasteiger charge is -2.31. The summed E-state index contributed by atoms with van der Waals surface area (Å²) in [7, 11) is -1.07. The summed E-state index contributed by atoms with van der Waals surface area (Å²) >= 11 is 0. The van der Waals surface area contributed by atoms with Gasteiger partial charge in [0, 0.05) is 13.6 Å². The van der Waals surface area contributed by atoms with Crippen molar-refractivity contribution >= 4 is 27.5 Å². The molecule has 38 heavy (non-hydrogen) atoms. The number of methoxy groups -OCH3 is 1. The topological polar surface area (TPSA) is 105 Å². The summed E-state index contributed by atoms with van der Waals surface area (Å²) in [6.45, 7) is 3.50. The van der Waals surface area contributed by atoms with Crippen LogP contribution in [0.1, 0.15) is 19.4 Å². The van der Waals surface area contributed by atoms with Crippen LogP contribution in [0.2, 0.25) is 0 Å². The number of nitrogens with zero attached hydrogens (tertiary/aromatic N) is 2. The lowest BCUT2D eigenvalue weighted by atomic mass is 10.1. The van der Waals surface area contributed by atoms with E-state index >= 15 is 0 Å². The molecule has 0 spiro atoms. The van der Waals surface area contributed by atoms with Crippen molar-refractivity contribution in [3.05, 3.63) is 84.4 Å². The molecule has 10 heteroatoms. The standard InChI is InChI=1S/C28H33N3O6S/c1-5-37-25-17-13-23(14-18-25)31(38(34,35)26-9-7-6-8-10-26)20-27(32)30(21(2)28(33)29-3)19-22-11-15-24(36-4)16-12-22/h6-18,21H,5,19-20H2,1-4H3,(H,29,33)/t21-/m1/s1. The molecule has 0 aliphatic carbocycles. The summed E-state index contributed by atoms with van der Waals surface area (Å²) in [5.41, 5.74) is 1.05. The minimum atomic E-state index is -4.11. The molecule has 0 aliphatic heterocycles. The Morgan fingerprint density at radius 1 is 0.921 bits per heavy atom. The Hall–Kier alpha value is -4.05. The fraction of sp³-hybridized carbons (Fsp3) is 0.286. The van der Waals surface area contributed by atoms with E-state index in [1.54, 1.807) is 80.8 Å². The van der Waals surface area contributed by atoms with Gasteiger partial charge >= 0.3 is 0 Å². The second-order valence-electron chi connectivity index (χ2n) is 8.41. The van der Waals surface area contributed by atoms with Gasteiger partial charge < -0.3 is 19.7 Å². The molecule has 0 bridgehead atoms. The Kier molecular flexibility index (Phi) is 9.72. The molecule has 0 radical (unpaired) electrons. The van der Waals surface area contributed by atoms with Gasteiger partial charge in [-0.15, -0.1) is 0 Å². The second kappa shape index (κ2) is 13.0. The highest BCUT2D eigenvalue weighted by molar-refractivity contribution is 7.92. The van der Waals surface area contributed by atoms with Gasteiger partial charge in [-0.2, -0.15) is 0 Å². The predicted octanol–water partition coefficient (Wildman–Crippen LogP) is 3.45. The molecule has 1 N–H and O–H groups in total. The molecule has 9 nitrogen and oxygen atoms in total. The van der Waals surface area contributed by atoms with Gasteiger partial charge in [-0.05, 0) is 67.9 Å². The Balaban J connectivity index is 2.00. The zero-order valence-electron chi connectivity index (χ0n) is 22.0. The highest BCUT2D eigenvalue weighted by Gasteiger charge is 2.32. The molecule has 202 valence electrons. The summed E-state index contributed by atoms with van der Waals surface area (Å²) in [5.74, 6) is 0.325. The van der Waals surface area contributed by atoms with Crippen molar-refractivity contribution in [2.45, 2.75) is 31.3 Å². The number of amides is 2. The van der Waals surface area contributed by atoms with Crippen LogP contribution in [0.4, 0.5) is 5.69 Å². The van der Waals surface area contributed by atoms with Gasteiger partial charge in [0.15, 0.2) is 0 Å². The van der Waals surface area contributed by atoms with Crippen LogP contribution in [0.25, 0.3) is 0 Å². The van der Waals surface area contributed by atoms with Crippen molar-refractivity contribution in [3.8, 4) is 11.5 Å². The lowest BCUT2D eigenvalue weighted by molar-refractivity contribution is -0.139. The van der Waals surface area contributed by atoms with Gasteiger partial charge in [0.25, 0.3) is 10.0 Å². The molecule has 0 saturated heterocycles. The third-order valence-corrected chi connectivity index (χ3v) is 7.76. The molecule has 0 aliphatic rings. The van der Waals surface area contributed by atoms with Gasteiger partial charge in [0.2, 0.25) is 11.8 Å². The van der Waals surface area contributed by atoms with Crippen molar-refractivity contribution in [3.63, 3.8) is 0 Å². The minimum Gasteiger partial charge on any atom is -0.497 e. The summed E-state index contributed by atoms with van der Waals surface area (Å²) in [5, 5.41) is 2.56. The van der Waals surface area contributed by atoms with Gasteiger partial charge in [-0.3, -0.25) is 13.9 Å². The fourth-order valence-corrected chi connectivity index (χ4v) is 5.28. The number of carbonyl (C=O) groups excluding carboxylic acids is 2. The van der Waals surface area contributed by atoms with E-state index in [0.29, 0.717) is 23.8 Å². The first-order chi connectivity index (χ1) is 18.2. The molecular weight excluding hydrogens is 506 g/mol. The van der Waals surface area contributed by atoms with Crippen molar-refractivity contribution < 1.29 is 27.5 Å². The number of carbonyl (C=O) groups is 2. The van der Waals surface area contributed by atoms with Gasteiger partial charge in [-0.25, -0.2) is 8.42 Å². The highest BCUT2D eigenvalue weighted by atomic mass is 32.2. The first kappa shape index (κ1) is 28.5. The molecule has 0 heterocycles. The highest BCUT2D eigenvalue weighted by Crippen LogP contribution is 2.26. The molecule has 2 amide bonds. The van der Waals surface area contributed by atoms with Gasteiger partial charge in [0.1, 0.15) is 24.1 Å². The Morgan fingerprint density at radius 3 is 2.08 bits per heavy atom. The number of rotatable bonds is 12. The van der Waals surface area contributed by atoms with Crippen LogP contribution in [0.15, 0.2) is 83.8 Å². The van der Waals surface area contributed by atoms with Gasteiger partial charge in [-0.1, -0.05) is 30.3 Å². The molecule has 3 rings (SSSR count). The third kappa shape index (κ3) is 6.83. The predicted molar refractivity (Wildman–Crippen MR) is 146 cm³/mol. The molecule has 0 aromatic heterocycles. The molecule has 3 aromatic carbocycles. The van der Waals surface area contributed by atoms with E-state index in [9.17, 15) is 18.0 Å². The van der Waals surface area contributed by atoms with Crippen LogP contribution in [0, 0.1) is 0 Å². The lowest BCUT2D eigenvalue weighted by Crippen LogP contribution is -2.50. The quantitative estimate of drug-likeness (QED) is 0.378. The zero-order valence-corrected chi connectivity index (χ0v) is 22.8. The zero-order chi connectivity index (χ0) is 27.7. The van der Waals surface area contributed by atoms with E-state index in [1.165, 1.54) is 24.1 Å². The van der Waals surface area contributed by atoms with E-state index < -0.39 is 28.5 Å². The molecule has 0 saturated carbocycles. The van der Waals surface area contributed by atoms with Crippen molar-refractivity contribution in [1.29, 1.82) is 0 Å². The Morgan fingerprint density at radius 2 is 1.53 bits per heavy atom. The van der Waals surface area contributed by atoms with E-state index in [1.807, 2.05) is 6.92 Å². The van der Waals surface area contributed by atoms with Crippen LogP contribution < -0.4 is 19.1 Å². The van der Waals surface area contributed by atoms with Crippen molar-refractivity contribution in [2.75, 3.05) is 31.6 Å². The summed E-state index contributed by atoms with van der Waals surface area (Å²) in [6, 6.07) is 20.6. The summed E-state index contributed by atoms with van der Waals surface area (Å²) < 4.78 is 39.2. The molecule has 0 fully saturated rings. The van der Waals surface area contributed by atoms with Crippen LogP contribution >= 0.6 is 0 Å². The number of nitrogens with one attached hydrogen (secondary N) is 1. The Bertz CT molecular complexity index is 1310. The normalized spacial score (nSPS) is 11.8. The van der Waals surface area contributed by atoms with Crippen LogP contribution in [0.3, 0.4) is 0 Å². The van der Waals surface area contributed by atoms with Crippen molar-refractivity contribution in [2.24, 2.45) is 0 Å². The minimum absolute atomic E-state index is 0.0442. The molecular formula is C28H33N3O6S. The first-order valence-electron chi connectivity index (χ1n) is 12.2. The maximum absolute atomic E-state index is 13.8. The maximum Gasteiger partial charge on any atom is 0.264 e. The number of sulfonamides is 1. The number of anilines is 1. The smallest absolute Gasteiger partial charge is 0.264 e. The van der Waals surface area contributed by atoms with E-state index in [4.69, 9.17) is 9.47 Å². The van der Waals surface area contributed by atoms with E-state index in [2.05, 4.69) is 5.32 Å². The monoisotopic (exact) mass is 539 g/mol. The number of likely N-dealkylation sites (N-methyl/N-ethyl adjacent to an activating group) is 1. The SMILES string of the molecule is CCOc1ccc(N(CC(=O)N(Cc2ccc(OC)cc2)[C@H](C)C(=O)NC)S(=O)(=O)c2ccccc2)cc1. The van der Waals surface area contributed by atoms with Crippen LogP contribution in [-0.4, -0.2) is 58.5 Å². The fourth-order valence-electron chi connectivity index (χ4n) is 3.84. The number of hydrogen-bond donors (Lipinski definition) is 1. The molecule has 1 atom stereocenters. The first-order valence-corrected chi connectivity index (χ1v) is 13.6. The van der Waals surface area contributed by atoms with E-state index in [-0.39, 0.29) is 17.3 Å². The van der Waals surface area contributed by atoms with Crippen molar-refractivity contribution in [1.82, 2.24) is 10.2 Å². The maximum atomic E-state index is 13.8. The second-order valence-corrected chi connectivity index (χ2v) is 10.3. The summed E-state index contributed by atoms with van der Waals surface area (Å²) in [4.78, 5) is 27.7. The van der Waals surface area contributed by atoms with Crippen LogP contribution in [-0.2, 0) is 26.2 Å². The van der Waals surface area contributed by atoms with Gasteiger partial charge in [0.05, 0.1) is 24.3 Å². The molecule has 0 unspecified atom stereocenters. The van der Waals surface area contributed by atoms with E-state index in [0.717, 1.165) is 9.87 Å². The largest absolute Gasteiger partial charge is 0.497 e. The third-order valence-electron chi connectivity index (χ3n) is 5.97. The summed E-state index contributed by atoms with van der Waals surface area (Å²) in [6.07, 6.45) is 0. The Labute approximate surface area is 224 Å². The average Bonchev–Trinajstić information content (AvgIpc) is 2.95. The average molecular weight is 540 g/mol. The number of hydrogen-bond acceptors (Lipinski definition) is 6. The number of ether oxygens (including phenoxy) is 2.